The highest BCUT2D eigenvalue weighted by Crippen LogP contribution is 2.32. The second-order valence-electron chi connectivity index (χ2n) is 7.13. The monoisotopic (exact) mass is 417 g/mol. The molecular weight excluding hydrogens is 394 g/mol. The van der Waals surface area contributed by atoms with E-state index in [0.29, 0.717) is 17.0 Å². The molecule has 0 aliphatic carbocycles. The van der Waals surface area contributed by atoms with E-state index in [1.807, 2.05) is 0 Å². The van der Waals surface area contributed by atoms with Gasteiger partial charge in [-0.1, -0.05) is 12.1 Å². The Morgan fingerprint density at radius 1 is 1.23 bits per heavy atom. The number of hydrogen-bond acceptors (Lipinski definition) is 4. The van der Waals surface area contributed by atoms with Crippen molar-refractivity contribution in [2.45, 2.75) is 25.3 Å². The number of nitrogens with zero attached hydrogens (tertiary/aromatic N) is 2. The molecule has 1 fully saturated rings. The molecule has 1 amide bonds. The summed E-state index contributed by atoms with van der Waals surface area (Å²) in [5.41, 5.74) is 4.04. The van der Waals surface area contributed by atoms with Crippen molar-refractivity contribution < 1.29 is 9.21 Å². The van der Waals surface area contributed by atoms with E-state index in [-0.39, 0.29) is 11.9 Å². The Bertz CT molecular complexity index is 798. The van der Waals surface area contributed by atoms with Crippen molar-refractivity contribution in [3.8, 4) is 0 Å². The van der Waals surface area contributed by atoms with Crippen molar-refractivity contribution >= 4 is 27.5 Å². The van der Waals surface area contributed by atoms with Crippen molar-refractivity contribution in [2.24, 2.45) is 0 Å². The van der Waals surface area contributed by atoms with Gasteiger partial charge in [-0.05, 0) is 77.6 Å². The SMILES string of the molecule is CN1CCc2cc([C@@H](CNC(=O)c3ccc(Br)o3)N3CCCC3)ccc21. The number of halogens is 1. The first-order valence-electron chi connectivity index (χ1n) is 9.23. The summed E-state index contributed by atoms with van der Waals surface area (Å²) >= 11 is 3.25. The minimum atomic E-state index is -0.166. The summed E-state index contributed by atoms with van der Waals surface area (Å²) in [6, 6.07) is 10.4. The van der Waals surface area contributed by atoms with Gasteiger partial charge in [-0.25, -0.2) is 0 Å². The van der Waals surface area contributed by atoms with E-state index < -0.39 is 0 Å². The van der Waals surface area contributed by atoms with Crippen molar-refractivity contribution in [1.82, 2.24) is 10.2 Å². The van der Waals surface area contributed by atoms with Crippen LogP contribution in [0.15, 0.2) is 39.4 Å². The summed E-state index contributed by atoms with van der Waals surface area (Å²) < 4.78 is 5.94. The van der Waals surface area contributed by atoms with Crippen molar-refractivity contribution in [1.29, 1.82) is 0 Å². The first kappa shape index (κ1) is 17.6. The van der Waals surface area contributed by atoms with E-state index in [4.69, 9.17) is 4.42 Å². The molecule has 26 heavy (non-hydrogen) atoms. The van der Waals surface area contributed by atoms with Gasteiger partial charge >= 0.3 is 0 Å². The van der Waals surface area contributed by atoms with Gasteiger partial charge in [-0.2, -0.15) is 0 Å². The molecule has 0 saturated carbocycles. The van der Waals surface area contributed by atoms with Gasteiger partial charge in [0, 0.05) is 25.8 Å². The number of anilines is 1. The molecule has 0 unspecified atom stereocenters. The molecule has 1 aromatic carbocycles. The standard InChI is InChI=1S/C20H24BrN3O2/c1-23-11-8-15-12-14(4-5-16(15)23)17(24-9-2-3-10-24)13-22-20(25)18-6-7-19(21)26-18/h4-7,12,17H,2-3,8-11,13H2,1H3,(H,22,25)/t17-/m1/s1. The number of nitrogens with one attached hydrogen (secondary N) is 1. The zero-order chi connectivity index (χ0) is 18.1. The number of hydrogen-bond donors (Lipinski definition) is 1. The molecule has 1 N–H and O–H groups in total. The smallest absolute Gasteiger partial charge is 0.287 e. The van der Waals surface area contributed by atoms with Gasteiger partial charge in [-0.3, -0.25) is 9.69 Å². The first-order chi connectivity index (χ1) is 12.6. The number of furan rings is 1. The molecular formula is C20H24BrN3O2. The number of carbonyl (C=O) groups is 1. The van der Waals surface area contributed by atoms with E-state index in [1.54, 1.807) is 12.1 Å². The Kier molecular flexibility index (Phi) is 5.05. The fourth-order valence-corrected chi connectivity index (χ4v) is 4.32. The molecule has 0 spiro atoms. The molecule has 2 aromatic rings. The number of amides is 1. The molecule has 0 radical (unpaired) electrons. The van der Waals surface area contributed by atoms with Crippen LogP contribution in [0.1, 0.15) is 40.6 Å². The number of rotatable bonds is 5. The molecule has 5 nitrogen and oxygen atoms in total. The van der Waals surface area contributed by atoms with Crippen LogP contribution in [0.2, 0.25) is 0 Å². The van der Waals surface area contributed by atoms with Crippen LogP contribution in [0.5, 0.6) is 0 Å². The maximum absolute atomic E-state index is 12.4. The average Bonchev–Trinajstić information content (AvgIpc) is 3.37. The van der Waals surface area contributed by atoms with E-state index in [1.165, 1.54) is 29.7 Å². The van der Waals surface area contributed by atoms with Crippen molar-refractivity contribution in [2.75, 3.05) is 38.1 Å². The first-order valence-corrected chi connectivity index (χ1v) is 10.0. The minimum absolute atomic E-state index is 0.166. The summed E-state index contributed by atoms with van der Waals surface area (Å²) in [4.78, 5) is 17.2. The molecule has 6 heteroatoms. The van der Waals surface area contributed by atoms with Crippen molar-refractivity contribution in [3.63, 3.8) is 0 Å². The topological polar surface area (TPSA) is 48.7 Å². The van der Waals surface area contributed by atoms with E-state index >= 15 is 0 Å². The molecule has 0 bridgehead atoms. The van der Waals surface area contributed by atoms with E-state index in [9.17, 15) is 4.79 Å². The van der Waals surface area contributed by atoms with Crippen LogP contribution in [0.25, 0.3) is 0 Å². The van der Waals surface area contributed by atoms with Gasteiger partial charge in [0.15, 0.2) is 10.4 Å². The van der Waals surface area contributed by atoms with Gasteiger partial charge < -0.3 is 14.6 Å². The highest BCUT2D eigenvalue weighted by atomic mass is 79.9. The summed E-state index contributed by atoms with van der Waals surface area (Å²) in [5.74, 6) is 0.174. The van der Waals surface area contributed by atoms with Crippen LogP contribution >= 0.6 is 15.9 Å². The molecule has 138 valence electrons. The number of fused-ring (bicyclic) bond motifs is 1. The third kappa shape index (κ3) is 3.53. The number of likely N-dealkylation sites (N-methyl/N-ethyl adjacent to an activating group) is 1. The molecule has 1 aromatic heterocycles. The van der Waals surface area contributed by atoms with Gasteiger partial charge in [0.1, 0.15) is 0 Å². The number of carbonyl (C=O) groups excluding carboxylic acids is 1. The summed E-state index contributed by atoms with van der Waals surface area (Å²) in [6.45, 7) is 3.84. The molecule has 2 aliphatic heterocycles. The average molecular weight is 418 g/mol. The van der Waals surface area contributed by atoms with E-state index in [0.717, 1.165) is 26.1 Å². The summed E-state index contributed by atoms with van der Waals surface area (Å²) in [5, 5.41) is 3.06. The summed E-state index contributed by atoms with van der Waals surface area (Å²) in [7, 11) is 2.14. The van der Waals surface area contributed by atoms with E-state index in [2.05, 4.69) is 56.3 Å². The van der Waals surface area contributed by atoms with Gasteiger partial charge in [0.2, 0.25) is 0 Å². The predicted octanol–water partition coefficient (Wildman–Crippen LogP) is 3.60. The van der Waals surface area contributed by atoms with Gasteiger partial charge in [0.05, 0.1) is 6.04 Å². The summed E-state index contributed by atoms with van der Waals surface area (Å²) in [6.07, 6.45) is 3.55. The van der Waals surface area contributed by atoms with Crippen molar-refractivity contribution in [3.05, 3.63) is 51.9 Å². The molecule has 4 rings (SSSR count). The van der Waals surface area contributed by atoms with Crippen LogP contribution in [-0.4, -0.2) is 44.0 Å². The zero-order valence-electron chi connectivity index (χ0n) is 15.0. The molecule has 2 aliphatic rings. The fourth-order valence-electron chi connectivity index (χ4n) is 4.02. The lowest BCUT2D eigenvalue weighted by molar-refractivity contribution is 0.0909. The largest absolute Gasteiger partial charge is 0.444 e. The lowest BCUT2D eigenvalue weighted by atomic mass is 10.0. The Balaban J connectivity index is 1.52. The fraction of sp³-hybridized carbons (Fsp3) is 0.450. The maximum Gasteiger partial charge on any atom is 0.287 e. The second kappa shape index (κ2) is 7.45. The van der Waals surface area contributed by atoms with Crippen LogP contribution < -0.4 is 10.2 Å². The van der Waals surface area contributed by atoms with Crippen LogP contribution in [0.3, 0.4) is 0 Å². The Hall–Kier alpha value is -1.79. The lowest BCUT2D eigenvalue weighted by Gasteiger charge is -2.28. The Morgan fingerprint density at radius 2 is 2.04 bits per heavy atom. The molecule has 1 atom stereocenters. The second-order valence-corrected chi connectivity index (χ2v) is 7.91. The predicted molar refractivity (Wildman–Crippen MR) is 106 cm³/mol. The van der Waals surface area contributed by atoms with Crippen LogP contribution in [0, 0.1) is 0 Å². The Labute approximate surface area is 162 Å². The highest BCUT2D eigenvalue weighted by molar-refractivity contribution is 9.10. The highest BCUT2D eigenvalue weighted by Gasteiger charge is 2.26. The van der Waals surface area contributed by atoms with Crippen LogP contribution in [-0.2, 0) is 6.42 Å². The Morgan fingerprint density at radius 3 is 2.77 bits per heavy atom. The lowest BCUT2D eigenvalue weighted by Crippen LogP contribution is -2.36. The number of likely N-dealkylation sites (tertiary alicyclic amines) is 1. The third-order valence-electron chi connectivity index (χ3n) is 5.45. The van der Waals surface area contributed by atoms with Crippen LogP contribution in [0.4, 0.5) is 5.69 Å². The van der Waals surface area contributed by atoms with Gasteiger partial charge in [0.25, 0.3) is 5.91 Å². The molecule has 3 heterocycles. The molecule has 1 saturated heterocycles. The number of benzene rings is 1. The minimum Gasteiger partial charge on any atom is -0.444 e. The normalized spacial score (nSPS) is 18.2. The maximum atomic E-state index is 12.4. The zero-order valence-corrected chi connectivity index (χ0v) is 16.6. The van der Waals surface area contributed by atoms with Gasteiger partial charge in [-0.15, -0.1) is 0 Å². The third-order valence-corrected chi connectivity index (χ3v) is 5.88. The quantitative estimate of drug-likeness (QED) is 0.806.